The summed E-state index contributed by atoms with van der Waals surface area (Å²) in [7, 11) is 0. The van der Waals surface area contributed by atoms with Crippen LogP contribution in [-0.4, -0.2) is 24.5 Å². The summed E-state index contributed by atoms with van der Waals surface area (Å²) in [5.74, 6) is 0.275. The van der Waals surface area contributed by atoms with Crippen LogP contribution in [0.1, 0.15) is 18.4 Å². The number of hydrogen-bond donors (Lipinski definition) is 0. The van der Waals surface area contributed by atoms with E-state index in [1.165, 1.54) is 12.0 Å². The van der Waals surface area contributed by atoms with Crippen molar-refractivity contribution in [3.63, 3.8) is 0 Å². The summed E-state index contributed by atoms with van der Waals surface area (Å²) in [4.78, 5) is 2.41. The van der Waals surface area contributed by atoms with E-state index in [4.69, 9.17) is 5.26 Å². The van der Waals surface area contributed by atoms with E-state index in [-0.39, 0.29) is 5.92 Å². The summed E-state index contributed by atoms with van der Waals surface area (Å²) in [6.45, 7) is 3.21. The van der Waals surface area contributed by atoms with Crippen molar-refractivity contribution in [2.24, 2.45) is 5.92 Å². The van der Waals surface area contributed by atoms with E-state index < -0.39 is 0 Å². The smallest absolute Gasteiger partial charge is 0.0669 e. The SMILES string of the molecule is N#CC1CCN(CCCc2ccccc2)C1. The first-order chi connectivity index (χ1) is 7.88. The Hall–Kier alpha value is -1.33. The lowest BCUT2D eigenvalue weighted by atomic mass is 10.1. The van der Waals surface area contributed by atoms with Crippen LogP contribution in [0.2, 0.25) is 0 Å². The van der Waals surface area contributed by atoms with Gasteiger partial charge in [0.1, 0.15) is 0 Å². The number of nitrogens with zero attached hydrogens (tertiary/aromatic N) is 2. The van der Waals surface area contributed by atoms with E-state index in [1.807, 2.05) is 0 Å². The molecule has 0 N–H and O–H groups in total. The van der Waals surface area contributed by atoms with Gasteiger partial charge in [0, 0.05) is 6.54 Å². The Balaban J connectivity index is 1.68. The minimum Gasteiger partial charge on any atom is -0.302 e. The number of likely N-dealkylation sites (tertiary alicyclic amines) is 1. The predicted octanol–water partition coefficient (Wildman–Crippen LogP) is 2.46. The topological polar surface area (TPSA) is 27.0 Å². The molecular formula is C14H18N2. The molecule has 16 heavy (non-hydrogen) atoms. The molecule has 1 aromatic carbocycles. The summed E-state index contributed by atoms with van der Waals surface area (Å²) in [5, 5.41) is 8.81. The Morgan fingerprint density at radius 1 is 1.31 bits per heavy atom. The predicted molar refractivity (Wildman–Crippen MR) is 64.9 cm³/mol. The molecule has 0 aliphatic carbocycles. The fourth-order valence-electron chi connectivity index (χ4n) is 2.29. The second kappa shape index (κ2) is 5.67. The molecule has 0 bridgehead atoms. The Labute approximate surface area is 97.5 Å². The number of nitriles is 1. The summed E-state index contributed by atoms with van der Waals surface area (Å²) in [5.41, 5.74) is 1.42. The summed E-state index contributed by atoms with van der Waals surface area (Å²) < 4.78 is 0. The van der Waals surface area contributed by atoms with Crippen molar-refractivity contribution in [2.45, 2.75) is 19.3 Å². The first-order valence-electron chi connectivity index (χ1n) is 6.04. The molecule has 1 heterocycles. The molecule has 0 saturated carbocycles. The van der Waals surface area contributed by atoms with Gasteiger partial charge in [0.05, 0.1) is 12.0 Å². The fraction of sp³-hybridized carbons (Fsp3) is 0.500. The van der Waals surface area contributed by atoms with Gasteiger partial charge in [-0.05, 0) is 37.9 Å². The molecule has 2 rings (SSSR count). The number of rotatable bonds is 4. The molecule has 0 radical (unpaired) electrons. The molecule has 2 heteroatoms. The highest BCUT2D eigenvalue weighted by atomic mass is 15.1. The van der Waals surface area contributed by atoms with Crippen LogP contribution in [0.5, 0.6) is 0 Å². The van der Waals surface area contributed by atoms with Crippen LogP contribution in [0, 0.1) is 17.2 Å². The third kappa shape index (κ3) is 3.08. The molecule has 0 spiro atoms. The van der Waals surface area contributed by atoms with E-state index in [0.29, 0.717) is 0 Å². The zero-order valence-corrected chi connectivity index (χ0v) is 9.60. The Bertz CT molecular complexity index is 353. The lowest BCUT2D eigenvalue weighted by Crippen LogP contribution is -2.22. The molecule has 2 nitrogen and oxygen atoms in total. The molecule has 0 aromatic heterocycles. The Kier molecular flexibility index (Phi) is 3.96. The molecule has 1 aromatic rings. The molecule has 1 saturated heterocycles. The highest BCUT2D eigenvalue weighted by Gasteiger charge is 2.20. The number of aryl methyl sites for hydroxylation is 1. The van der Waals surface area contributed by atoms with E-state index >= 15 is 0 Å². The summed E-state index contributed by atoms with van der Waals surface area (Å²) >= 11 is 0. The van der Waals surface area contributed by atoms with Crippen LogP contribution in [0.15, 0.2) is 30.3 Å². The molecule has 1 unspecified atom stereocenters. The number of benzene rings is 1. The summed E-state index contributed by atoms with van der Waals surface area (Å²) in [6.07, 6.45) is 3.40. The molecule has 1 atom stereocenters. The van der Waals surface area contributed by atoms with Crippen molar-refractivity contribution in [3.05, 3.63) is 35.9 Å². The van der Waals surface area contributed by atoms with Crippen LogP contribution in [0.25, 0.3) is 0 Å². The second-order valence-corrected chi connectivity index (χ2v) is 4.50. The first kappa shape index (κ1) is 11.2. The van der Waals surface area contributed by atoms with Crippen molar-refractivity contribution in [2.75, 3.05) is 19.6 Å². The summed E-state index contributed by atoms with van der Waals surface area (Å²) in [6, 6.07) is 13.0. The van der Waals surface area contributed by atoms with Crippen molar-refractivity contribution >= 4 is 0 Å². The van der Waals surface area contributed by atoms with Gasteiger partial charge in [0.2, 0.25) is 0 Å². The molecule has 1 aliphatic rings. The molecule has 1 fully saturated rings. The van der Waals surface area contributed by atoms with Gasteiger partial charge in [0.25, 0.3) is 0 Å². The third-order valence-electron chi connectivity index (χ3n) is 3.24. The van der Waals surface area contributed by atoms with Gasteiger partial charge < -0.3 is 4.90 Å². The third-order valence-corrected chi connectivity index (χ3v) is 3.24. The van der Waals surface area contributed by atoms with Gasteiger partial charge in [-0.1, -0.05) is 30.3 Å². The van der Waals surface area contributed by atoms with Crippen LogP contribution >= 0.6 is 0 Å². The Morgan fingerprint density at radius 3 is 2.81 bits per heavy atom. The largest absolute Gasteiger partial charge is 0.302 e. The lowest BCUT2D eigenvalue weighted by Gasteiger charge is -2.14. The van der Waals surface area contributed by atoms with Gasteiger partial charge >= 0.3 is 0 Å². The molecule has 1 aliphatic heterocycles. The molecule has 84 valence electrons. The first-order valence-corrected chi connectivity index (χ1v) is 6.04. The number of hydrogen-bond acceptors (Lipinski definition) is 2. The zero-order valence-electron chi connectivity index (χ0n) is 9.60. The normalized spacial score (nSPS) is 20.8. The fourth-order valence-corrected chi connectivity index (χ4v) is 2.29. The highest BCUT2D eigenvalue weighted by Crippen LogP contribution is 2.15. The van der Waals surface area contributed by atoms with E-state index in [0.717, 1.165) is 32.5 Å². The van der Waals surface area contributed by atoms with Crippen LogP contribution in [-0.2, 0) is 6.42 Å². The van der Waals surface area contributed by atoms with Gasteiger partial charge in [-0.15, -0.1) is 0 Å². The van der Waals surface area contributed by atoms with Crippen molar-refractivity contribution in [1.82, 2.24) is 4.90 Å². The quantitative estimate of drug-likeness (QED) is 0.770. The van der Waals surface area contributed by atoms with Gasteiger partial charge in [-0.2, -0.15) is 5.26 Å². The maximum absolute atomic E-state index is 8.81. The van der Waals surface area contributed by atoms with Crippen LogP contribution in [0.3, 0.4) is 0 Å². The average Bonchev–Trinajstić information content (AvgIpc) is 2.78. The van der Waals surface area contributed by atoms with E-state index in [2.05, 4.69) is 41.3 Å². The van der Waals surface area contributed by atoms with Crippen LogP contribution < -0.4 is 0 Å². The van der Waals surface area contributed by atoms with E-state index in [1.54, 1.807) is 0 Å². The maximum Gasteiger partial charge on any atom is 0.0669 e. The van der Waals surface area contributed by atoms with Crippen LogP contribution in [0.4, 0.5) is 0 Å². The average molecular weight is 214 g/mol. The van der Waals surface area contributed by atoms with Crippen molar-refractivity contribution in [3.8, 4) is 6.07 Å². The lowest BCUT2D eigenvalue weighted by molar-refractivity contribution is 0.328. The highest BCUT2D eigenvalue weighted by molar-refractivity contribution is 5.14. The van der Waals surface area contributed by atoms with Crippen molar-refractivity contribution in [1.29, 1.82) is 5.26 Å². The minimum atomic E-state index is 0.275. The molecular weight excluding hydrogens is 196 g/mol. The molecule has 0 amide bonds. The zero-order chi connectivity index (χ0) is 11.2. The van der Waals surface area contributed by atoms with Gasteiger partial charge in [-0.3, -0.25) is 0 Å². The Morgan fingerprint density at radius 2 is 2.12 bits per heavy atom. The van der Waals surface area contributed by atoms with Gasteiger partial charge in [0.15, 0.2) is 0 Å². The monoisotopic (exact) mass is 214 g/mol. The van der Waals surface area contributed by atoms with Crippen molar-refractivity contribution < 1.29 is 0 Å². The minimum absolute atomic E-state index is 0.275. The second-order valence-electron chi connectivity index (χ2n) is 4.50. The van der Waals surface area contributed by atoms with Gasteiger partial charge in [-0.25, -0.2) is 0 Å². The standard InChI is InChI=1S/C14H18N2/c15-11-14-8-10-16(12-14)9-4-7-13-5-2-1-3-6-13/h1-3,5-6,14H,4,7-10,12H2. The van der Waals surface area contributed by atoms with E-state index in [9.17, 15) is 0 Å². The maximum atomic E-state index is 8.81.